The first-order chi connectivity index (χ1) is 19.0. The van der Waals surface area contributed by atoms with E-state index in [2.05, 4.69) is 13.5 Å². The molecular formula is C33H43F3O3. The van der Waals surface area contributed by atoms with Crippen LogP contribution in [0.2, 0.25) is 0 Å². The minimum atomic E-state index is -0.675. The maximum absolute atomic E-state index is 15.2. The molecule has 0 spiro atoms. The summed E-state index contributed by atoms with van der Waals surface area (Å²) in [5, 5.41) is 0. The normalized spacial score (nSPS) is 23.4. The van der Waals surface area contributed by atoms with E-state index in [1.165, 1.54) is 6.07 Å². The zero-order valence-corrected chi connectivity index (χ0v) is 23.2. The Kier molecular flexibility index (Phi) is 11.2. The van der Waals surface area contributed by atoms with Crippen molar-refractivity contribution in [3.8, 4) is 11.5 Å². The van der Waals surface area contributed by atoms with Crippen LogP contribution in [0.4, 0.5) is 13.2 Å². The smallest absolute Gasteiger partial charge is 0.168 e. The van der Waals surface area contributed by atoms with Crippen molar-refractivity contribution in [2.45, 2.75) is 95.5 Å². The van der Waals surface area contributed by atoms with Gasteiger partial charge in [-0.05, 0) is 105 Å². The van der Waals surface area contributed by atoms with Crippen molar-refractivity contribution in [1.82, 2.24) is 0 Å². The van der Waals surface area contributed by atoms with Crippen molar-refractivity contribution in [2.24, 2.45) is 5.92 Å². The third-order valence-corrected chi connectivity index (χ3v) is 8.36. The highest BCUT2D eigenvalue weighted by Gasteiger charge is 2.30. The second kappa shape index (κ2) is 14.8. The lowest BCUT2D eigenvalue weighted by Crippen LogP contribution is -2.22. The molecule has 39 heavy (non-hydrogen) atoms. The van der Waals surface area contributed by atoms with E-state index in [1.807, 2.05) is 12.1 Å². The molecule has 0 unspecified atom stereocenters. The maximum Gasteiger partial charge on any atom is 0.168 e. The van der Waals surface area contributed by atoms with Crippen molar-refractivity contribution in [3.63, 3.8) is 0 Å². The second-order valence-electron chi connectivity index (χ2n) is 11.1. The summed E-state index contributed by atoms with van der Waals surface area (Å²) < 4.78 is 62.1. The molecule has 0 amide bonds. The Bertz CT molecular complexity index is 1060. The summed E-state index contributed by atoms with van der Waals surface area (Å²) in [5.41, 5.74) is 1.01. The summed E-state index contributed by atoms with van der Waals surface area (Å²) in [5.74, 6) is -0.811. The minimum absolute atomic E-state index is 0.00349. The summed E-state index contributed by atoms with van der Waals surface area (Å²) in [6.07, 6.45) is 11.5. The van der Waals surface area contributed by atoms with Crippen LogP contribution in [0.1, 0.15) is 101 Å². The molecule has 0 N–H and O–H groups in total. The number of hydrogen-bond acceptors (Lipinski definition) is 3. The first-order valence-corrected chi connectivity index (χ1v) is 14.8. The molecule has 0 saturated heterocycles. The number of rotatable bonds is 13. The quantitative estimate of drug-likeness (QED) is 0.186. The van der Waals surface area contributed by atoms with Gasteiger partial charge in [0.05, 0.1) is 19.3 Å². The topological polar surface area (TPSA) is 27.7 Å². The van der Waals surface area contributed by atoms with Gasteiger partial charge in [-0.2, -0.15) is 0 Å². The monoisotopic (exact) mass is 544 g/mol. The standard InChI is InChI=1S/C33H43F3O3/c1-3-5-19-37-26-13-11-25(12-14-26)29-17-16-28(32(35)33(29)36)24-9-7-23(8-10-24)22-39-31-18-15-27(21-30(31)34)38-20-6-4-2/h4,15-18,21,23-26H,2-3,5-14,19-20,22H2,1H3. The van der Waals surface area contributed by atoms with E-state index in [0.717, 1.165) is 70.8 Å². The van der Waals surface area contributed by atoms with E-state index in [-0.39, 0.29) is 29.6 Å². The fourth-order valence-corrected chi connectivity index (χ4v) is 5.94. The Balaban J connectivity index is 1.25. The molecule has 6 heteroatoms. The van der Waals surface area contributed by atoms with E-state index in [9.17, 15) is 4.39 Å². The molecule has 2 aromatic carbocycles. The molecule has 214 valence electrons. The van der Waals surface area contributed by atoms with Gasteiger partial charge in [0.25, 0.3) is 0 Å². The van der Waals surface area contributed by atoms with Gasteiger partial charge in [0.1, 0.15) is 5.75 Å². The van der Waals surface area contributed by atoms with Gasteiger partial charge in [0, 0.05) is 12.7 Å². The zero-order chi connectivity index (χ0) is 27.6. The predicted octanol–water partition coefficient (Wildman–Crippen LogP) is 9.25. The summed E-state index contributed by atoms with van der Waals surface area (Å²) in [4.78, 5) is 0. The van der Waals surface area contributed by atoms with Crippen molar-refractivity contribution >= 4 is 0 Å². The number of unbranched alkanes of at least 4 members (excludes halogenated alkanes) is 1. The fraction of sp³-hybridized carbons (Fsp3) is 0.576. The van der Waals surface area contributed by atoms with Crippen LogP contribution in [0, 0.1) is 23.4 Å². The maximum atomic E-state index is 15.2. The number of benzene rings is 2. The number of ether oxygens (including phenoxy) is 3. The third kappa shape index (κ3) is 8.03. The molecule has 2 saturated carbocycles. The van der Waals surface area contributed by atoms with E-state index >= 15 is 8.78 Å². The van der Waals surface area contributed by atoms with Gasteiger partial charge in [-0.1, -0.05) is 31.6 Å². The summed E-state index contributed by atoms with van der Waals surface area (Å²) in [6.45, 7) is 7.43. The molecule has 0 bridgehead atoms. The highest BCUT2D eigenvalue weighted by atomic mass is 19.2. The summed E-state index contributed by atoms with van der Waals surface area (Å²) >= 11 is 0. The highest BCUT2D eigenvalue weighted by Crippen LogP contribution is 2.41. The molecule has 0 radical (unpaired) electrons. The van der Waals surface area contributed by atoms with Crippen LogP contribution in [-0.2, 0) is 4.74 Å². The van der Waals surface area contributed by atoms with Gasteiger partial charge in [0.15, 0.2) is 23.2 Å². The molecule has 2 aliphatic rings. The molecule has 3 nitrogen and oxygen atoms in total. The van der Waals surface area contributed by atoms with Crippen LogP contribution in [-0.4, -0.2) is 25.9 Å². The van der Waals surface area contributed by atoms with Crippen LogP contribution >= 0.6 is 0 Å². The number of halogens is 3. The lowest BCUT2D eigenvalue weighted by Gasteiger charge is -2.31. The second-order valence-corrected chi connectivity index (χ2v) is 11.1. The zero-order valence-electron chi connectivity index (χ0n) is 23.2. The average molecular weight is 545 g/mol. The van der Waals surface area contributed by atoms with Crippen LogP contribution in [0.25, 0.3) is 0 Å². The van der Waals surface area contributed by atoms with Crippen LogP contribution in [0.15, 0.2) is 43.0 Å². The highest BCUT2D eigenvalue weighted by molar-refractivity contribution is 5.33. The summed E-state index contributed by atoms with van der Waals surface area (Å²) in [7, 11) is 0. The van der Waals surface area contributed by atoms with Crippen molar-refractivity contribution in [1.29, 1.82) is 0 Å². The largest absolute Gasteiger partial charge is 0.493 e. The van der Waals surface area contributed by atoms with Gasteiger partial charge in [0.2, 0.25) is 0 Å². The fourth-order valence-electron chi connectivity index (χ4n) is 5.94. The van der Waals surface area contributed by atoms with E-state index in [0.29, 0.717) is 36.5 Å². The van der Waals surface area contributed by atoms with Crippen LogP contribution < -0.4 is 9.47 Å². The SMILES string of the molecule is C=CCCOc1ccc(OCC2CCC(c3ccc(C4CCC(OCCCC)CC4)c(F)c3F)CC2)c(F)c1. The molecule has 0 aromatic heterocycles. The van der Waals surface area contributed by atoms with E-state index < -0.39 is 17.5 Å². The van der Waals surface area contributed by atoms with E-state index in [1.54, 1.807) is 18.2 Å². The summed E-state index contributed by atoms with van der Waals surface area (Å²) in [6, 6.07) is 8.26. The molecule has 0 aliphatic heterocycles. The van der Waals surface area contributed by atoms with Crippen LogP contribution in [0.3, 0.4) is 0 Å². The molecule has 2 fully saturated rings. The van der Waals surface area contributed by atoms with E-state index in [4.69, 9.17) is 14.2 Å². The van der Waals surface area contributed by atoms with Gasteiger partial charge in [-0.15, -0.1) is 6.58 Å². The molecule has 2 aliphatic carbocycles. The van der Waals surface area contributed by atoms with Crippen LogP contribution in [0.5, 0.6) is 11.5 Å². The van der Waals surface area contributed by atoms with Crippen molar-refractivity contribution in [2.75, 3.05) is 19.8 Å². The Morgan fingerprint density at radius 2 is 1.46 bits per heavy atom. The van der Waals surface area contributed by atoms with Gasteiger partial charge < -0.3 is 14.2 Å². The molecule has 0 heterocycles. The molecule has 0 atom stereocenters. The Hall–Kier alpha value is -2.47. The number of hydrogen-bond donors (Lipinski definition) is 0. The Labute approximate surface area is 231 Å². The lowest BCUT2D eigenvalue weighted by atomic mass is 9.77. The van der Waals surface area contributed by atoms with Gasteiger partial charge in [-0.3, -0.25) is 0 Å². The van der Waals surface area contributed by atoms with Gasteiger partial charge in [-0.25, -0.2) is 13.2 Å². The average Bonchev–Trinajstić information content (AvgIpc) is 2.95. The Morgan fingerprint density at radius 3 is 2.05 bits per heavy atom. The molecule has 4 rings (SSSR count). The molecular weight excluding hydrogens is 501 g/mol. The lowest BCUT2D eigenvalue weighted by molar-refractivity contribution is 0.0230. The van der Waals surface area contributed by atoms with Crippen molar-refractivity contribution < 1.29 is 27.4 Å². The van der Waals surface area contributed by atoms with Crippen molar-refractivity contribution in [3.05, 3.63) is 71.6 Å². The first kappa shape index (κ1) is 29.5. The predicted molar refractivity (Wildman–Crippen MR) is 149 cm³/mol. The first-order valence-electron chi connectivity index (χ1n) is 14.8. The van der Waals surface area contributed by atoms with Gasteiger partial charge >= 0.3 is 0 Å². The third-order valence-electron chi connectivity index (χ3n) is 8.36. The molecule has 2 aromatic rings. The Morgan fingerprint density at radius 1 is 0.821 bits per heavy atom. The minimum Gasteiger partial charge on any atom is -0.493 e.